The maximum absolute atomic E-state index is 16.1. The highest BCUT2D eigenvalue weighted by Gasteiger charge is 2.44. The average Bonchev–Trinajstić information content (AvgIpc) is 4.15. The summed E-state index contributed by atoms with van der Waals surface area (Å²) in [6.07, 6.45) is 10.7. The van der Waals surface area contributed by atoms with Gasteiger partial charge in [0.2, 0.25) is 11.8 Å². The SMILES string of the molecule is Cc1c(F)cc2[nH]ncc2c1-c1c(C2CC2)cc2c(N3C[C@@H]4C[C@H]3CN4)nc(OC3CCOCC3)nc2c1OCc1ccc(-c2cn([C@H](C(=O)N3C[C@H](O)C[C@H]3C(=O)N[C@@H](C)c3ccc(-c4cccnc4)cc3)C(C)C)nn2)cc1. The monoisotopic (exact) mass is 1080 g/mol. The van der Waals surface area contributed by atoms with Gasteiger partial charge < -0.3 is 39.8 Å². The highest BCUT2D eigenvalue weighted by Crippen LogP contribution is 2.53. The molecule has 8 heterocycles. The molecule has 0 radical (unpaired) electrons. The van der Waals surface area contributed by atoms with Crippen molar-refractivity contribution in [3.63, 3.8) is 0 Å². The van der Waals surface area contributed by atoms with Crippen molar-refractivity contribution in [1.29, 1.82) is 0 Å². The predicted molar refractivity (Wildman–Crippen MR) is 299 cm³/mol. The van der Waals surface area contributed by atoms with Crippen molar-refractivity contribution in [1.82, 2.24) is 55.7 Å². The first-order chi connectivity index (χ1) is 38.9. The lowest BCUT2D eigenvalue weighted by Crippen LogP contribution is -2.49. The number of aromatic nitrogens is 8. The lowest BCUT2D eigenvalue weighted by molar-refractivity contribution is -0.142. The number of pyridine rings is 1. The number of likely N-dealkylation sites (tertiary alicyclic amines) is 1. The van der Waals surface area contributed by atoms with Crippen LogP contribution in [0.5, 0.6) is 11.8 Å². The van der Waals surface area contributed by atoms with Crippen LogP contribution in [0, 0.1) is 18.7 Å². The Morgan fingerprint density at radius 3 is 2.44 bits per heavy atom. The molecular formula is C61H65FN12O6. The third kappa shape index (κ3) is 9.89. The molecule has 80 heavy (non-hydrogen) atoms. The fourth-order valence-corrected chi connectivity index (χ4v) is 12.4. The van der Waals surface area contributed by atoms with E-state index in [0.29, 0.717) is 47.3 Å². The fourth-order valence-electron chi connectivity index (χ4n) is 12.4. The van der Waals surface area contributed by atoms with Gasteiger partial charge in [-0.25, -0.2) is 9.07 Å². The molecule has 2 amide bonds. The van der Waals surface area contributed by atoms with Gasteiger partial charge in [0.25, 0.3) is 0 Å². The van der Waals surface area contributed by atoms with Crippen molar-refractivity contribution in [2.45, 2.75) is 121 Å². The third-order valence-corrected chi connectivity index (χ3v) is 16.9. The lowest BCUT2D eigenvalue weighted by atomic mass is 9.88. The number of benzene rings is 4. The van der Waals surface area contributed by atoms with E-state index in [9.17, 15) is 14.7 Å². The summed E-state index contributed by atoms with van der Waals surface area (Å²) in [7, 11) is 0. The largest absolute Gasteiger partial charge is 0.486 e. The number of nitrogens with zero attached hydrogens (tertiary/aromatic N) is 9. The van der Waals surface area contributed by atoms with Gasteiger partial charge in [-0.2, -0.15) is 15.1 Å². The maximum atomic E-state index is 16.1. The first kappa shape index (κ1) is 51.6. The van der Waals surface area contributed by atoms with Gasteiger partial charge in [-0.05, 0) is 96.5 Å². The zero-order valence-corrected chi connectivity index (χ0v) is 45.3. The second-order valence-electron chi connectivity index (χ2n) is 22.7. The van der Waals surface area contributed by atoms with Crippen LogP contribution in [-0.2, 0) is 20.9 Å². The lowest BCUT2D eigenvalue weighted by Gasteiger charge is -2.31. The number of anilines is 1. The van der Waals surface area contributed by atoms with Crippen molar-refractivity contribution in [2.24, 2.45) is 5.92 Å². The van der Waals surface area contributed by atoms with Crippen molar-refractivity contribution in [3.05, 3.63) is 126 Å². The molecule has 412 valence electrons. The summed E-state index contributed by atoms with van der Waals surface area (Å²) >= 11 is 0. The molecule has 4 saturated heterocycles. The Morgan fingerprint density at radius 2 is 1.71 bits per heavy atom. The average molecular weight is 1080 g/mol. The number of halogens is 1. The number of hydrogen-bond acceptors (Lipinski definition) is 14. The van der Waals surface area contributed by atoms with Crippen molar-refractivity contribution < 1.29 is 33.3 Å². The number of fused-ring (bicyclic) bond motifs is 4. The molecule has 2 bridgehead atoms. The number of H-pyrrole nitrogens is 1. The zero-order valence-electron chi connectivity index (χ0n) is 45.3. The first-order valence-electron chi connectivity index (χ1n) is 28.1. The predicted octanol–water partition coefficient (Wildman–Crippen LogP) is 8.54. The Labute approximate surface area is 462 Å². The number of carbonyl (C=O) groups excluding carboxylic acids is 2. The third-order valence-electron chi connectivity index (χ3n) is 16.9. The summed E-state index contributed by atoms with van der Waals surface area (Å²) in [5.74, 6) is 0.348. The summed E-state index contributed by atoms with van der Waals surface area (Å²) in [6.45, 7) is 10.6. The molecule has 8 aromatic rings. The van der Waals surface area contributed by atoms with E-state index in [1.807, 2.05) is 88.4 Å². The van der Waals surface area contributed by atoms with E-state index in [0.717, 1.165) is 106 Å². The molecule has 1 aliphatic carbocycles. The fraction of sp³-hybridized carbons (Fsp3) is 0.410. The van der Waals surface area contributed by atoms with Crippen LogP contribution < -0.4 is 25.0 Å². The standard InChI is InChI=1S/C61H65FN12O6/c1-33(2)56(60(77)73-30-44(75)23-52(73)59(76)66-35(4)37-11-13-38(14-12-37)41-6-5-19-63-26-41)74-31-51(70-71-74)40-9-7-36(8-10-40)32-79-57-54(53-34(3)49(62)25-50-48(53)28-65-69-50)46(39-15-16-39)24-47-55(57)67-61(80-45-17-20-78-21-18-45)68-58(47)72-29-42-22-43(72)27-64-42/h5-14,19,24-26,28,31,33,35,39,42-45,52,56,64,75H,15-18,20-23,27,29-30,32H2,1-4H3,(H,65,69)(H,66,76)/t35-,42-,43-,44+,52-,56-/m0/s1. The Morgan fingerprint density at radius 1 is 0.912 bits per heavy atom. The van der Waals surface area contributed by atoms with Crippen LogP contribution in [0.2, 0.25) is 0 Å². The summed E-state index contributed by atoms with van der Waals surface area (Å²) in [5, 5.41) is 35.7. The Hall–Kier alpha value is -7.87. The van der Waals surface area contributed by atoms with Crippen LogP contribution in [0.15, 0.2) is 97.6 Å². The summed E-state index contributed by atoms with van der Waals surface area (Å²) in [6, 6.07) is 22.3. The highest BCUT2D eigenvalue weighted by atomic mass is 19.1. The van der Waals surface area contributed by atoms with Gasteiger partial charge in [-0.3, -0.25) is 19.7 Å². The zero-order chi connectivity index (χ0) is 54.8. The molecule has 0 unspecified atom stereocenters. The number of β-amino-alcohol motifs (C(OH)–C–C–N with tert-alkyl or cyclic N) is 1. The molecule has 4 aliphatic heterocycles. The molecule has 6 atom stereocenters. The van der Waals surface area contributed by atoms with Gasteiger partial charge in [-0.15, -0.1) is 5.10 Å². The van der Waals surface area contributed by atoms with E-state index in [2.05, 4.69) is 47.1 Å². The normalized spacial score (nSPS) is 21.0. The molecule has 1 saturated carbocycles. The summed E-state index contributed by atoms with van der Waals surface area (Å²) < 4.78 is 37.2. The number of aromatic amines is 1. The van der Waals surface area contributed by atoms with E-state index < -0.39 is 18.2 Å². The Bertz CT molecular complexity index is 3600. The molecule has 5 aliphatic rings. The van der Waals surface area contributed by atoms with Crippen LogP contribution in [0.25, 0.3) is 55.3 Å². The molecule has 4 aromatic heterocycles. The van der Waals surface area contributed by atoms with E-state index in [1.165, 1.54) is 11.0 Å². The van der Waals surface area contributed by atoms with Crippen LogP contribution >= 0.6 is 0 Å². The van der Waals surface area contributed by atoms with E-state index >= 15 is 4.39 Å². The van der Waals surface area contributed by atoms with Gasteiger partial charge in [-0.1, -0.05) is 73.7 Å². The molecule has 18 nitrogen and oxygen atoms in total. The molecule has 13 rings (SSSR count). The van der Waals surface area contributed by atoms with Crippen molar-refractivity contribution in [2.75, 3.05) is 37.7 Å². The van der Waals surface area contributed by atoms with E-state index in [-0.39, 0.29) is 73.2 Å². The number of ether oxygens (including phenoxy) is 3. The Balaban J connectivity index is 0.784. The van der Waals surface area contributed by atoms with Crippen LogP contribution in [0.1, 0.15) is 99.6 Å². The maximum Gasteiger partial charge on any atom is 0.319 e. The first-order valence-corrected chi connectivity index (χ1v) is 28.1. The van der Waals surface area contributed by atoms with Crippen LogP contribution in [0.3, 0.4) is 0 Å². The molecule has 5 fully saturated rings. The van der Waals surface area contributed by atoms with Crippen LogP contribution in [0.4, 0.5) is 10.2 Å². The number of piperazine rings is 1. The molecule has 0 spiro atoms. The molecule has 4 aromatic carbocycles. The van der Waals surface area contributed by atoms with Gasteiger partial charge in [0.1, 0.15) is 47.6 Å². The second-order valence-corrected chi connectivity index (χ2v) is 22.7. The van der Waals surface area contributed by atoms with Crippen molar-refractivity contribution in [3.8, 4) is 45.3 Å². The number of amides is 2. The smallest absolute Gasteiger partial charge is 0.319 e. The van der Waals surface area contributed by atoms with E-state index in [4.69, 9.17) is 24.2 Å². The number of nitrogens with one attached hydrogen (secondary N) is 3. The Kier molecular flexibility index (Phi) is 13.7. The van der Waals surface area contributed by atoms with Gasteiger partial charge in [0, 0.05) is 90.8 Å². The number of aliphatic hydroxyl groups excluding tert-OH is 1. The minimum absolute atomic E-state index is 0.0213. The number of carbonyl (C=O) groups is 2. The number of hydrogen-bond donors (Lipinski definition) is 4. The van der Waals surface area contributed by atoms with Crippen LogP contribution in [-0.4, -0.2) is 125 Å². The second kappa shape index (κ2) is 21.3. The summed E-state index contributed by atoms with van der Waals surface area (Å²) in [4.78, 5) is 47.1. The minimum Gasteiger partial charge on any atom is -0.486 e. The minimum atomic E-state index is -0.872. The van der Waals surface area contributed by atoms with Gasteiger partial charge in [0.15, 0.2) is 5.75 Å². The quantitative estimate of drug-likeness (QED) is 0.0715. The number of aliphatic hydroxyl groups is 1. The van der Waals surface area contributed by atoms with Gasteiger partial charge >= 0.3 is 6.01 Å². The highest BCUT2D eigenvalue weighted by molar-refractivity contribution is 6.06. The molecular weight excluding hydrogens is 1020 g/mol. The van der Waals surface area contributed by atoms with Gasteiger partial charge in [0.05, 0.1) is 43.3 Å². The van der Waals surface area contributed by atoms with E-state index in [1.54, 1.807) is 29.5 Å². The van der Waals surface area contributed by atoms with Crippen molar-refractivity contribution >= 4 is 39.4 Å². The molecule has 4 N–H and O–H groups in total. The topological polar surface area (TPSA) is 211 Å². The molecule has 19 heteroatoms. The summed E-state index contributed by atoms with van der Waals surface area (Å²) in [5.41, 5.74) is 9.36. The number of rotatable bonds is 16.